The number of pyridine rings is 1. The van der Waals surface area contributed by atoms with Crippen LogP contribution in [0.2, 0.25) is 0 Å². The van der Waals surface area contributed by atoms with Gasteiger partial charge in [-0.15, -0.1) is 11.3 Å². The first-order valence-electron chi connectivity index (χ1n) is 11.2. The summed E-state index contributed by atoms with van der Waals surface area (Å²) in [7, 11) is 0. The lowest BCUT2D eigenvalue weighted by atomic mass is 9.96. The Morgan fingerprint density at radius 1 is 1.10 bits per heavy atom. The average Bonchev–Trinajstić information content (AvgIpc) is 3.28. The maximum atomic E-state index is 13.3. The van der Waals surface area contributed by atoms with Crippen molar-refractivity contribution in [3.63, 3.8) is 0 Å². The second-order valence-electron chi connectivity index (χ2n) is 8.27. The van der Waals surface area contributed by atoms with Crippen molar-refractivity contribution in [2.75, 3.05) is 49.1 Å². The van der Waals surface area contributed by atoms with E-state index in [0.29, 0.717) is 0 Å². The van der Waals surface area contributed by atoms with Gasteiger partial charge in [0.05, 0.1) is 11.3 Å². The number of carbonyl (C=O) groups is 1. The lowest BCUT2D eigenvalue weighted by molar-refractivity contribution is -0.136. The van der Waals surface area contributed by atoms with Crippen molar-refractivity contribution in [2.24, 2.45) is 5.92 Å². The molecule has 3 aromatic rings. The minimum absolute atomic E-state index is 0.0319. The molecule has 2 fully saturated rings. The highest BCUT2D eigenvalue weighted by Gasteiger charge is 2.32. The molecule has 2 aliphatic heterocycles. The zero-order chi connectivity index (χ0) is 21.2. The molecule has 1 atom stereocenters. The van der Waals surface area contributed by atoms with Crippen LogP contribution in [0.4, 0.5) is 11.6 Å². The Labute approximate surface area is 186 Å². The Bertz CT molecular complexity index is 1050. The lowest BCUT2D eigenvalue weighted by Crippen LogP contribution is -2.52. The third kappa shape index (κ3) is 4.08. The fourth-order valence-corrected chi connectivity index (χ4v) is 5.57. The average molecular weight is 437 g/mol. The van der Waals surface area contributed by atoms with E-state index in [1.165, 1.54) is 4.88 Å². The van der Waals surface area contributed by atoms with Gasteiger partial charge in [0.15, 0.2) is 0 Å². The van der Waals surface area contributed by atoms with Crippen LogP contribution in [0, 0.1) is 5.92 Å². The van der Waals surface area contributed by atoms with E-state index < -0.39 is 0 Å². The topological polar surface area (TPSA) is 65.5 Å². The molecular weight excluding hydrogens is 408 g/mol. The molecule has 162 valence electrons. The molecule has 2 aliphatic rings. The summed E-state index contributed by atoms with van der Waals surface area (Å²) in [5.74, 6) is 2.30. The van der Waals surface area contributed by atoms with Gasteiger partial charge in [-0.3, -0.25) is 4.79 Å². The number of aryl methyl sites for hydroxylation is 1. The van der Waals surface area contributed by atoms with Gasteiger partial charge in [-0.1, -0.05) is 13.0 Å². The van der Waals surface area contributed by atoms with Gasteiger partial charge >= 0.3 is 0 Å². The van der Waals surface area contributed by atoms with E-state index in [4.69, 9.17) is 0 Å². The molecule has 5 heterocycles. The molecule has 31 heavy (non-hydrogen) atoms. The molecule has 0 spiro atoms. The number of carbonyl (C=O) groups excluding carboxylic acids is 1. The van der Waals surface area contributed by atoms with E-state index >= 15 is 0 Å². The second kappa shape index (κ2) is 8.78. The molecule has 0 radical (unpaired) electrons. The van der Waals surface area contributed by atoms with Crippen LogP contribution in [-0.2, 0) is 11.2 Å². The third-order valence-corrected chi connectivity index (χ3v) is 7.53. The molecule has 0 aromatic carbocycles. The first-order chi connectivity index (χ1) is 15.2. The van der Waals surface area contributed by atoms with Gasteiger partial charge < -0.3 is 14.7 Å². The Kier molecular flexibility index (Phi) is 5.72. The first kappa shape index (κ1) is 20.2. The summed E-state index contributed by atoms with van der Waals surface area (Å²) in [6.45, 7) is 7.04. The van der Waals surface area contributed by atoms with Gasteiger partial charge in [0.1, 0.15) is 22.8 Å². The van der Waals surface area contributed by atoms with E-state index in [1.54, 1.807) is 17.7 Å². The van der Waals surface area contributed by atoms with Crippen molar-refractivity contribution < 1.29 is 4.79 Å². The van der Waals surface area contributed by atoms with Crippen molar-refractivity contribution in [1.29, 1.82) is 0 Å². The summed E-state index contributed by atoms with van der Waals surface area (Å²) in [6, 6.07) is 8.20. The largest absolute Gasteiger partial charge is 0.355 e. The molecule has 5 rings (SSSR count). The molecule has 0 saturated carbocycles. The quantitative estimate of drug-likeness (QED) is 0.626. The van der Waals surface area contributed by atoms with Crippen LogP contribution in [0.1, 0.15) is 24.6 Å². The van der Waals surface area contributed by atoms with Gasteiger partial charge in [0.25, 0.3) is 0 Å². The fourth-order valence-electron chi connectivity index (χ4n) is 4.65. The molecule has 0 N–H and O–H groups in total. The summed E-state index contributed by atoms with van der Waals surface area (Å²) in [5, 5.41) is 1.13. The molecule has 2 saturated heterocycles. The maximum Gasteiger partial charge on any atom is 0.227 e. The van der Waals surface area contributed by atoms with E-state index in [-0.39, 0.29) is 11.8 Å². The zero-order valence-electron chi connectivity index (χ0n) is 17.9. The lowest BCUT2D eigenvalue weighted by Gasteiger charge is -2.39. The number of piperazine rings is 1. The van der Waals surface area contributed by atoms with Crippen molar-refractivity contribution in [1.82, 2.24) is 19.9 Å². The number of nitrogens with zero attached hydrogens (tertiary/aromatic N) is 6. The Morgan fingerprint density at radius 3 is 2.74 bits per heavy atom. The molecule has 8 heteroatoms. The SMILES string of the molecule is CCc1cc2c(N3CCC[C@H](C(=O)N4CCN(c5ccccn5)CC4)C3)ncnc2s1. The molecule has 0 bridgehead atoms. The number of fused-ring (bicyclic) bond motifs is 1. The molecule has 0 aliphatic carbocycles. The number of hydrogen-bond acceptors (Lipinski definition) is 7. The normalized spacial score (nSPS) is 19.8. The predicted molar refractivity (Wildman–Crippen MR) is 125 cm³/mol. The van der Waals surface area contributed by atoms with Crippen LogP contribution in [0.5, 0.6) is 0 Å². The molecule has 7 nitrogen and oxygen atoms in total. The monoisotopic (exact) mass is 436 g/mol. The van der Waals surface area contributed by atoms with Gasteiger partial charge in [0, 0.05) is 50.3 Å². The van der Waals surface area contributed by atoms with Gasteiger partial charge in [-0.2, -0.15) is 0 Å². The van der Waals surface area contributed by atoms with E-state index in [1.807, 2.05) is 29.3 Å². The summed E-state index contributed by atoms with van der Waals surface area (Å²) in [6.07, 6.45) is 6.46. The summed E-state index contributed by atoms with van der Waals surface area (Å²) < 4.78 is 0. The van der Waals surface area contributed by atoms with Crippen molar-refractivity contribution >= 4 is 39.1 Å². The smallest absolute Gasteiger partial charge is 0.227 e. The minimum Gasteiger partial charge on any atom is -0.355 e. The summed E-state index contributed by atoms with van der Waals surface area (Å²) in [5.41, 5.74) is 0. The van der Waals surface area contributed by atoms with E-state index in [0.717, 1.165) is 80.4 Å². The molecule has 3 aromatic heterocycles. The van der Waals surface area contributed by atoms with Gasteiger partial charge in [-0.05, 0) is 37.5 Å². The number of anilines is 2. The Hall–Kier alpha value is -2.74. The van der Waals surface area contributed by atoms with Crippen LogP contribution in [0.3, 0.4) is 0 Å². The molecule has 1 amide bonds. The number of hydrogen-bond donors (Lipinski definition) is 0. The van der Waals surface area contributed by atoms with Crippen LogP contribution < -0.4 is 9.80 Å². The highest BCUT2D eigenvalue weighted by atomic mass is 32.1. The standard InChI is InChI=1S/C23H28N6OS/c1-2-18-14-19-21(25-16-26-22(19)31-18)29-9-5-6-17(15-29)23(30)28-12-10-27(11-13-28)20-7-3-4-8-24-20/h3-4,7-8,14,16-17H,2,5-6,9-13,15H2,1H3/t17-/m0/s1. The van der Waals surface area contributed by atoms with Crippen LogP contribution in [0.15, 0.2) is 36.8 Å². The zero-order valence-corrected chi connectivity index (χ0v) is 18.7. The Morgan fingerprint density at radius 2 is 1.97 bits per heavy atom. The van der Waals surface area contributed by atoms with E-state index in [9.17, 15) is 4.79 Å². The predicted octanol–water partition coefficient (Wildman–Crippen LogP) is 3.21. The van der Waals surface area contributed by atoms with Crippen molar-refractivity contribution in [3.8, 4) is 0 Å². The number of amides is 1. The molecule has 0 unspecified atom stereocenters. The second-order valence-corrected chi connectivity index (χ2v) is 9.38. The van der Waals surface area contributed by atoms with E-state index in [2.05, 4.69) is 37.7 Å². The Balaban J connectivity index is 1.26. The number of piperidine rings is 1. The molecular formula is C23H28N6OS. The van der Waals surface area contributed by atoms with Crippen LogP contribution >= 0.6 is 11.3 Å². The first-order valence-corrected chi connectivity index (χ1v) is 12.0. The van der Waals surface area contributed by atoms with Crippen LogP contribution in [0.25, 0.3) is 10.2 Å². The van der Waals surface area contributed by atoms with Crippen molar-refractivity contribution in [2.45, 2.75) is 26.2 Å². The number of thiophene rings is 1. The fraction of sp³-hybridized carbons (Fsp3) is 0.478. The van der Waals surface area contributed by atoms with Gasteiger partial charge in [-0.25, -0.2) is 15.0 Å². The summed E-state index contributed by atoms with van der Waals surface area (Å²) >= 11 is 1.74. The van der Waals surface area contributed by atoms with Crippen molar-refractivity contribution in [3.05, 3.63) is 41.7 Å². The number of aromatic nitrogens is 3. The number of rotatable bonds is 4. The third-order valence-electron chi connectivity index (χ3n) is 6.34. The highest BCUT2D eigenvalue weighted by molar-refractivity contribution is 7.18. The maximum absolute atomic E-state index is 13.3. The minimum atomic E-state index is 0.0319. The van der Waals surface area contributed by atoms with Crippen LogP contribution in [-0.4, -0.2) is 65.0 Å². The highest BCUT2D eigenvalue weighted by Crippen LogP contribution is 2.33. The van der Waals surface area contributed by atoms with Gasteiger partial charge in [0.2, 0.25) is 5.91 Å². The summed E-state index contributed by atoms with van der Waals surface area (Å²) in [4.78, 5) is 35.8.